The highest BCUT2D eigenvalue weighted by atomic mass is 16.5. The molecule has 3 rings (SSSR count). The largest absolute Gasteiger partial charge is 0.379 e. The van der Waals surface area contributed by atoms with Crippen molar-refractivity contribution < 1.29 is 14.3 Å². The average Bonchev–Trinajstić information content (AvgIpc) is 2.72. The Morgan fingerprint density at radius 2 is 1.67 bits per heavy atom. The van der Waals surface area contributed by atoms with Gasteiger partial charge < -0.3 is 15.4 Å². The number of carbonyl (C=O) groups is 2. The zero-order valence-corrected chi connectivity index (χ0v) is 15.3. The number of ether oxygens (including phenoxy) is 1. The number of benzene rings is 2. The number of nitrogens with one attached hydrogen (secondary N) is 2. The van der Waals surface area contributed by atoms with Crippen LogP contribution in [0.1, 0.15) is 21.5 Å². The number of morpholine rings is 1. The van der Waals surface area contributed by atoms with E-state index in [2.05, 4.69) is 27.7 Å². The van der Waals surface area contributed by atoms with Crippen molar-refractivity contribution in [3.63, 3.8) is 0 Å². The number of rotatable bonds is 7. The number of carbonyl (C=O) groups excluding carboxylic acids is 2. The van der Waals surface area contributed by atoms with Crippen LogP contribution >= 0.6 is 0 Å². The van der Waals surface area contributed by atoms with E-state index in [0.717, 1.165) is 38.4 Å². The summed E-state index contributed by atoms with van der Waals surface area (Å²) in [4.78, 5) is 26.3. The molecular weight excluding hydrogens is 342 g/mol. The second-order valence-corrected chi connectivity index (χ2v) is 6.53. The van der Waals surface area contributed by atoms with Gasteiger partial charge in [-0.25, -0.2) is 0 Å². The van der Waals surface area contributed by atoms with Gasteiger partial charge in [-0.15, -0.1) is 0 Å². The summed E-state index contributed by atoms with van der Waals surface area (Å²) in [5.74, 6) is -0.462. The third-order valence-electron chi connectivity index (χ3n) is 4.44. The number of amides is 2. The molecule has 6 heteroatoms. The van der Waals surface area contributed by atoms with Crippen LogP contribution < -0.4 is 10.6 Å². The minimum atomic E-state index is -0.252. The van der Waals surface area contributed by atoms with Crippen LogP contribution in [-0.4, -0.2) is 49.6 Å². The maximum Gasteiger partial charge on any atom is 0.251 e. The molecule has 0 saturated carbocycles. The molecular formula is C21H25N3O3. The van der Waals surface area contributed by atoms with Crippen LogP contribution in [0.3, 0.4) is 0 Å². The molecule has 1 saturated heterocycles. The second kappa shape index (κ2) is 9.85. The minimum Gasteiger partial charge on any atom is -0.379 e. The van der Waals surface area contributed by atoms with Crippen molar-refractivity contribution in [3.8, 4) is 0 Å². The molecule has 0 radical (unpaired) electrons. The van der Waals surface area contributed by atoms with E-state index in [1.807, 2.05) is 18.2 Å². The lowest BCUT2D eigenvalue weighted by Gasteiger charge is -2.26. The Kier molecular flexibility index (Phi) is 6.96. The summed E-state index contributed by atoms with van der Waals surface area (Å²) in [6, 6.07) is 17.1. The predicted molar refractivity (Wildman–Crippen MR) is 103 cm³/mol. The Hall–Kier alpha value is -2.70. The number of nitrogens with zero attached hydrogens (tertiary/aromatic N) is 1. The molecule has 1 aliphatic heterocycles. The summed E-state index contributed by atoms with van der Waals surface area (Å²) in [6.45, 7) is 4.75. The maximum absolute atomic E-state index is 12.0. The van der Waals surface area contributed by atoms with Crippen LogP contribution in [0.4, 0.5) is 0 Å². The van der Waals surface area contributed by atoms with Gasteiger partial charge >= 0.3 is 0 Å². The van der Waals surface area contributed by atoms with Crippen molar-refractivity contribution in [1.82, 2.24) is 15.5 Å². The first-order valence-corrected chi connectivity index (χ1v) is 9.18. The van der Waals surface area contributed by atoms with Crippen LogP contribution in [0.5, 0.6) is 0 Å². The SMILES string of the molecule is O=C(CNC(=O)c1ccccc1)NCc1cccc(CN2CCOCC2)c1. The molecule has 142 valence electrons. The summed E-state index contributed by atoms with van der Waals surface area (Å²) in [5, 5.41) is 5.48. The lowest BCUT2D eigenvalue weighted by atomic mass is 10.1. The topological polar surface area (TPSA) is 70.7 Å². The zero-order valence-electron chi connectivity index (χ0n) is 15.3. The third kappa shape index (κ3) is 6.20. The molecule has 2 aromatic rings. The van der Waals surface area contributed by atoms with Gasteiger partial charge in [-0.1, -0.05) is 42.5 Å². The Labute approximate surface area is 159 Å². The highest BCUT2D eigenvalue weighted by molar-refractivity contribution is 5.96. The van der Waals surface area contributed by atoms with Crippen LogP contribution in [-0.2, 0) is 22.6 Å². The van der Waals surface area contributed by atoms with Gasteiger partial charge in [0.1, 0.15) is 0 Å². The van der Waals surface area contributed by atoms with E-state index in [1.165, 1.54) is 5.56 Å². The molecule has 1 aliphatic rings. The summed E-state index contributed by atoms with van der Waals surface area (Å²) in [5.41, 5.74) is 2.81. The summed E-state index contributed by atoms with van der Waals surface area (Å²) in [6.07, 6.45) is 0. The Morgan fingerprint density at radius 3 is 2.44 bits per heavy atom. The fraction of sp³-hybridized carbons (Fsp3) is 0.333. The molecule has 0 bridgehead atoms. The Bertz CT molecular complexity index is 758. The molecule has 0 aromatic heterocycles. The van der Waals surface area contributed by atoms with Gasteiger partial charge in [-0.2, -0.15) is 0 Å². The van der Waals surface area contributed by atoms with E-state index in [0.29, 0.717) is 12.1 Å². The van der Waals surface area contributed by atoms with Gasteiger partial charge in [-0.3, -0.25) is 14.5 Å². The molecule has 2 N–H and O–H groups in total. The minimum absolute atomic E-state index is 0.0405. The Morgan fingerprint density at radius 1 is 0.926 bits per heavy atom. The van der Waals surface area contributed by atoms with E-state index in [1.54, 1.807) is 24.3 Å². The normalized spacial score (nSPS) is 14.5. The van der Waals surface area contributed by atoms with Crippen molar-refractivity contribution >= 4 is 11.8 Å². The van der Waals surface area contributed by atoms with E-state index >= 15 is 0 Å². The number of hydrogen-bond acceptors (Lipinski definition) is 4. The van der Waals surface area contributed by atoms with Crippen molar-refractivity contribution in [2.24, 2.45) is 0 Å². The molecule has 2 aromatic carbocycles. The molecule has 0 atom stereocenters. The fourth-order valence-electron chi connectivity index (χ4n) is 2.97. The lowest BCUT2D eigenvalue weighted by Crippen LogP contribution is -2.36. The monoisotopic (exact) mass is 367 g/mol. The quantitative estimate of drug-likeness (QED) is 0.779. The Balaban J connectivity index is 1.43. The first-order chi connectivity index (χ1) is 13.2. The zero-order chi connectivity index (χ0) is 18.9. The van der Waals surface area contributed by atoms with Crippen LogP contribution in [0, 0.1) is 0 Å². The van der Waals surface area contributed by atoms with Crippen molar-refractivity contribution in [3.05, 3.63) is 71.3 Å². The maximum atomic E-state index is 12.0. The second-order valence-electron chi connectivity index (χ2n) is 6.53. The molecule has 1 heterocycles. The van der Waals surface area contributed by atoms with E-state index in [4.69, 9.17) is 4.74 Å². The first kappa shape index (κ1) is 19.1. The van der Waals surface area contributed by atoms with Gasteiger partial charge in [0, 0.05) is 31.7 Å². The molecule has 27 heavy (non-hydrogen) atoms. The lowest BCUT2D eigenvalue weighted by molar-refractivity contribution is -0.120. The molecule has 6 nitrogen and oxygen atoms in total. The summed E-state index contributed by atoms with van der Waals surface area (Å²) < 4.78 is 5.37. The fourth-order valence-corrected chi connectivity index (χ4v) is 2.97. The number of hydrogen-bond donors (Lipinski definition) is 2. The summed E-state index contributed by atoms with van der Waals surface area (Å²) >= 11 is 0. The predicted octanol–water partition coefficient (Wildman–Crippen LogP) is 1.56. The molecule has 0 unspecified atom stereocenters. The van der Waals surface area contributed by atoms with Crippen molar-refractivity contribution in [2.45, 2.75) is 13.1 Å². The third-order valence-corrected chi connectivity index (χ3v) is 4.44. The molecule has 2 amide bonds. The average molecular weight is 367 g/mol. The van der Waals surface area contributed by atoms with E-state index < -0.39 is 0 Å². The van der Waals surface area contributed by atoms with Crippen molar-refractivity contribution in [1.29, 1.82) is 0 Å². The van der Waals surface area contributed by atoms with Gasteiger partial charge in [0.2, 0.25) is 5.91 Å². The highest BCUT2D eigenvalue weighted by Gasteiger charge is 2.11. The van der Waals surface area contributed by atoms with Crippen molar-refractivity contribution in [2.75, 3.05) is 32.8 Å². The van der Waals surface area contributed by atoms with Crippen LogP contribution in [0.15, 0.2) is 54.6 Å². The smallest absolute Gasteiger partial charge is 0.251 e. The molecule has 0 aliphatic carbocycles. The summed E-state index contributed by atoms with van der Waals surface area (Å²) in [7, 11) is 0. The van der Waals surface area contributed by atoms with E-state index in [-0.39, 0.29) is 18.4 Å². The van der Waals surface area contributed by atoms with Crippen LogP contribution in [0.25, 0.3) is 0 Å². The van der Waals surface area contributed by atoms with E-state index in [9.17, 15) is 9.59 Å². The highest BCUT2D eigenvalue weighted by Crippen LogP contribution is 2.10. The first-order valence-electron chi connectivity index (χ1n) is 9.18. The van der Waals surface area contributed by atoms with Crippen LogP contribution in [0.2, 0.25) is 0 Å². The molecule has 1 fully saturated rings. The molecule has 0 spiro atoms. The van der Waals surface area contributed by atoms with Gasteiger partial charge in [0.15, 0.2) is 0 Å². The van der Waals surface area contributed by atoms with Gasteiger partial charge in [0.05, 0.1) is 19.8 Å². The van der Waals surface area contributed by atoms with Gasteiger partial charge in [0.25, 0.3) is 5.91 Å². The standard InChI is InChI=1S/C21H25N3O3/c25-20(15-23-21(26)19-7-2-1-3-8-19)22-14-17-5-4-6-18(13-17)16-24-9-11-27-12-10-24/h1-8,13H,9-12,14-16H2,(H,22,25)(H,23,26). The van der Waals surface area contributed by atoms with Gasteiger partial charge in [-0.05, 0) is 23.3 Å².